The molecule has 0 fully saturated rings. The van der Waals surface area contributed by atoms with Gasteiger partial charge in [0.2, 0.25) is 0 Å². The van der Waals surface area contributed by atoms with Crippen LogP contribution in [0.1, 0.15) is 5.56 Å². The first-order valence-electron chi connectivity index (χ1n) is 4.27. The zero-order valence-corrected chi connectivity index (χ0v) is 8.54. The largest absolute Gasteiger partial charge is 0.496 e. The van der Waals surface area contributed by atoms with Crippen LogP contribution < -0.4 is 10.5 Å². The summed E-state index contributed by atoms with van der Waals surface area (Å²) < 4.78 is 22.5. The first-order valence-corrected chi connectivity index (χ1v) is 4.27. The van der Waals surface area contributed by atoms with Gasteiger partial charge in [0.1, 0.15) is 11.6 Å². The SMILES string of the molecule is COC(=O)Cc1cc(N)c(F)cc1OC. The summed E-state index contributed by atoms with van der Waals surface area (Å²) in [5.74, 6) is -0.716. The zero-order valence-electron chi connectivity index (χ0n) is 8.54. The van der Waals surface area contributed by atoms with E-state index >= 15 is 0 Å². The number of nitrogen functional groups attached to an aromatic ring is 1. The Kier molecular flexibility index (Phi) is 3.49. The highest BCUT2D eigenvalue weighted by atomic mass is 19.1. The van der Waals surface area contributed by atoms with Gasteiger partial charge in [0, 0.05) is 11.6 Å². The molecule has 1 aromatic carbocycles. The fourth-order valence-electron chi connectivity index (χ4n) is 1.17. The molecule has 82 valence electrons. The van der Waals surface area contributed by atoms with Gasteiger partial charge in [0.05, 0.1) is 26.3 Å². The zero-order chi connectivity index (χ0) is 11.4. The molecule has 1 rings (SSSR count). The topological polar surface area (TPSA) is 61.5 Å². The molecule has 0 amide bonds. The monoisotopic (exact) mass is 213 g/mol. The number of anilines is 1. The Bertz CT molecular complexity index is 379. The minimum absolute atomic E-state index is 0.00412. The summed E-state index contributed by atoms with van der Waals surface area (Å²) in [6, 6.07) is 2.51. The van der Waals surface area contributed by atoms with Gasteiger partial charge >= 0.3 is 5.97 Å². The second-order valence-electron chi connectivity index (χ2n) is 2.94. The maximum absolute atomic E-state index is 13.0. The van der Waals surface area contributed by atoms with Crippen LogP contribution in [0.5, 0.6) is 5.75 Å². The van der Waals surface area contributed by atoms with Crippen molar-refractivity contribution < 1.29 is 18.7 Å². The van der Waals surface area contributed by atoms with Crippen molar-refractivity contribution in [2.75, 3.05) is 20.0 Å². The van der Waals surface area contributed by atoms with E-state index in [2.05, 4.69) is 4.74 Å². The lowest BCUT2D eigenvalue weighted by atomic mass is 10.1. The highest BCUT2D eigenvalue weighted by molar-refractivity contribution is 5.74. The summed E-state index contributed by atoms with van der Waals surface area (Å²) in [4.78, 5) is 11.0. The lowest BCUT2D eigenvalue weighted by molar-refractivity contribution is -0.139. The molecule has 1 aromatic rings. The number of hydrogen-bond acceptors (Lipinski definition) is 4. The molecular weight excluding hydrogens is 201 g/mol. The molecule has 0 unspecified atom stereocenters. The Hall–Kier alpha value is -1.78. The highest BCUT2D eigenvalue weighted by Crippen LogP contribution is 2.24. The molecule has 0 saturated heterocycles. The van der Waals surface area contributed by atoms with Crippen molar-refractivity contribution in [2.24, 2.45) is 0 Å². The summed E-state index contributed by atoms with van der Waals surface area (Å²) >= 11 is 0. The summed E-state index contributed by atoms with van der Waals surface area (Å²) in [5, 5.41) is 0. The molecule has 0 aliphatic rings. The molecule has 0 aliphatic heterocycles. The van der Waals surface area contributed by atoms with Crippen LogP contribution in [-0.4, -0.2) is 20.2 Å². The fraction of sp³-hybridized carbons (Fsp3) is 0.300. The second-order valence-corrected chi connectivity index (χ2v) is 2.94. The standard InChI is InChI=1S/C10H12FNO3/c1-14-9-5-7(11)8(12)3-6(9)4-10(13)15-2/h3,5H,4,12H2,1-2H3. The van der Waals surface area contributed by atoms with E-state index in [0.29, 0.717) is 5.56 Å². The molecule has 0 saturated carbocycles. The highest BCUT2D eigenvalue weighted by Gasteiger charge is 2.12. The molecular formula is C10H12FNO3. The maximum Gasteiger partial charge on any atom is 0.310 e. The van der Waals surface area contributed by atoms with Crippen LogP contribution in [0, 0.1) is 5.82 Å². The van der Waals surface area contributed by atoms with Crippen molar-refractivity contribution in [3.63, 3.8) is 0 Å². The smallest absolute Gasteiger partial charge is 0.310 e. The number of esters is 1. The average molecular weight is 213 g/mol. The van der Waals surface area contributed by atoms with E-state index < -0.39 is 11.8 Å². The minimum atomic E-state index is -0.569. The van der Waals surface area contributed by atoms with Crippen molar-refractivity contribution in [1.82, 2.24) is 0 Å². The van der Waals surface area contributed by atoms with Crippen molar-refractivity contribution in [3.8, 4) is 5.75 Å². The predicted molar refractivity (Wildman–Crippen MR) is 53.1 cm³/mol. The number of rotatable bonds is 3. The number of nitrogens with two attached hydrogens (primary N) is 1. The second kappa shape index (κ2) is 4.63. The third-order valence-electron chi connectivity index (χ3n) is 1.96. The lowest BCUT2D eigenvalue weighted by Gasteiger charge is -2.09. The number of carbonyl (C=O) groups excluding carboxylic acids is 1. The molecule has 0 aliphatic carbocycles. The van der Waals surface area contributed by atoms with Crippen molar-refractivity contribution in [1.29, 1.82) is 0 Å². The molecule has 0 aromatic heterocycles. The first-order chi connectivity index (χ1) is 7.08. The van der Waals surface area contributed by atoms with Gasteiger partial charge in [-0.2, -0.15) is 0 Å². The van der Waals surface area contributed by atoms with Crippen LogP contribution in [-0.2, 0) is 16.0 Å². The van der Waals surface area contributed by atoms with Gasteiger partial charge in [0.25, 0.3) is 0 Å². The first kappa shape index (κ1) is 11.3. The minimum Gasteiger partial charge on any atom is -0.496 e. The summed E-state index contributed by atoms with van der Waals surface area (Å²) in [7, 11) is 2.67. The Labute approximate surface area is 86.8 Å². The Balaban J connectivity index is 3.05. The summed E-state index contributed by atoms with van der Waals surface area (Å²) in [5.41, 5.74) is 5.86. The number of carbonyl (C=O) groups is 1. The van der Waals surface area contributed by atoms with Crippen LogP contribution in [0.3, 0.4) is 0 Å². The van der Waals surface area contributed by atoms with Crippen LogP contribution in [0.25, 0.3) is 0 Å². The van der Waals surface area contributed by atoms with Crippen LogP contribution in [0.4, 0.5) is 10.1 Å². The van der Waals surface area contributed by atoms with E-state index in [1.807, 2.05) is 0 Å². The van der Waals surface area contributed by atoms with Gasteiger partial charge in [-0.05, 0) is 6.07 Å². The fourth-order valence-corrected chi connectivity index (χ4v) is 1.17. The number of halogens is 1. The van der Waals surface area contributed by atoms with Crippen LogP contribution in [0.15, 0.2) is 12.1 Å². The molecule has 5 heteroatoms. The average Bonchev–Trinajstić information content (AvgIpc) is 2.22. The van der Waals surface area contributed by atoms with Crippen molar-refractivity contribution in [3.05, 3.63) is 23.5 Å². The molecule has 0 radical (unpaired) electrons. The van der Waals surface area contributed by atoms with Crippen LogP contribution >= 0.6 is 0 Å². The van der Waals surface area contributed by atoms with E-state index in [-0.39, 0.29) is 17.9 Å². The van der Waals surface area contributed by atoms with Gasteiger partial charge < -0.3 is 15.2 Å². The number of benzene rings is 1. The van der Waals surface area contributed by atoms with Crippen molar-refractivity contribution in [2.45, 2.75) is 6.42 Å². The third kappa shape index (κ3) is 2.59. The lowest BCUT2D eigenvalue weighted by Crippen LogP contribution is -2.07. The molecule has 0 atom stereocenters. The van der Waals surface area contributed by atoms with Gasteiger partial charge in [-0.15, -0.1) is 0 Å². The Morgan fingerprint density at radius 2 is 2.13 bits per heavy atom. The number of hydrogen-bond donors (Lipinski definition) is 1. The Morgan fingerprint density at radius 1 is 1.47 bits per heavy atom. The maximum atomic E-state index is 13.0. The quantitative estimate of drug-likeness (QED) is 0.604. The summed E-state index contributed by atoms with van der Waals surface area (Å²) in [6.07, 6.45) is 0.00412. The van der Waals surface area contributed by atoms with E-state index in [1.165, 1.54) is 20.3 Å². The molecule has 4 nitrogen and oxygen atoms in total. The van der Waals surface area contributed by atoms with E-state index in [0.717, 1.165) is 6.07 Å². The van der Waals surface area contributed by atoms with Crippen LogP contribution in [0.2, 0.25) is 0 Å². The molecule has 0 bridgehead atoms. The van der Waals surface area contributed by atoms with Gasteiger partial charge in [-0.25, -0.2) is 4.39 Å². The van der Waals surface area contributed by atoms with Gasteiger partial charge in [-0.1, -0.05) is 0 Å². The van der Waals surface area contributed by atoms with E-state index in [1.54, 1.807) is 0 Å². The Morgan fingerprint density at radius 3 is 2.67 bits per heavy atom. The number of ether oxygens (including phenoxy) is 2. The van der Waals surface area contributed by atoms with E-state index in [9.17, 15) is 9.18 Å². The summed E-state index contributed by atoms with van der Waals surface area (Å²) in [6.45, 7) is 0. The third-order valence-corrected chi connectivity index (χ3v) is 1.96. The number of methoxy groups -OCH3 is 2. The molecule has 0 spiro atoms. The molecule has 0 heterocycles. The van der Waals surface area contributed by atoms with E-state index in [4.69, 9.17) is 10.5 Å². The van der Waals surface area contributed by atoms with Gasteiger partial charge in [-0.3, -0.25) is 4.79 Å². The molecule has 15 heavy (non-hydrogen) atoms. The molecule has 2 N–H and O–H groups in total. The van der Waals surface area contributed by atoms with Crippen molar-refractivity contribution >= 4 is 11.7 Å². The van der Waals surface area contributed by atoms with Gasteiger partial charge in [0.15, 0.2) is 0 Å². The normalized spacial score (nSPS) is 9.80. The predicted octanol–water partition coefficient (Wildman–Crippen LogP) is 1.13.